The molecule has 1 aromatic heterocycles. The number of aliphatic hydroxyl groups is 1. The topological polar surface area (TPSA) is 70.5 Å². The van der Waals surface area contributed by atoms with E-state index in [1.807, 2.05) is 32.0 Å². The van der Waals surface area contributed by atoms with Crippen LogP contribution in [0.1, 0.15) is 28.3 Å². The standard InChI is InChI=1S/C26H19FN2O3S/c1-14-12-15(2)21-19(13-14)33-26(28-21)29-22(16-6-4-3-5-7-16)20(24(31)25(29)32)23(30)17-8-10-18(27)11-9-17/h3-13,22,30H,1-2H3. The van der Waals surface area contributed by atoms with Crippen LogP contribution in [0.4, 0.5) is 9.52 Å². The Morgan fingerprint density at radius 3 is 2.42 bits per heavy atom. The molecule has 1 saturated heterocycles. The van der Waals surface area contributed by atoms with Crippen molar-refractivity contribution in [2.45, 2.75) is 19.9 Å². The normalized spacial score (nSPS) is 17.8. The fourth-order valence-corrected chi connectivity index (χ4v) is 5.37. The molecule has 5 rings (SSSR count). The van der Waals surface area contributed by atoms with E-state index in [0.29, 0.717) is 10.7 Å². The number of Topliss-reactive ketones (excluding diaryl/α,β-unsaturated/α-hetero) is 1. The molecule has 164 valence electrons. The minimum atomic E-state index is -0.863. The molecule has 3 aromatic carbocycles. The third-order valence-corrected chi connectivity index (χ3v) is 6.70. The number of carbonyl (C=O) groups excluding carboxylic acids is 2. The molecule has 1 atom stereocenters. The van der Waals surface area contributed by atoms with Gasteiger partial charge in [0.1, 0.15) is 11.6 Å². The molecule has 4 aromatic rings. The van der Waals surface area contributed by atoms with E-state index in [1.54, 1.807) is 24.3 Å². The van der Waals surface area contributed by atoms with Crippen LogP contribution in [-0.2, 0) is 9.59 Å². The van der Waals surface area contributed by atoms with E-state index < -0.39 is 23.5 Å². The van der Waals surface area contributed by atoms with E-state index in [4.69, 9.17) is 4.98 Å². The van der Waals surface area contributed by atoms with Crippen molar-refractivity contribution in [3.8, 4) is 0 Å². The van der Waals surface area contributed by atoms with Crippen LogP contribution in [0.25, 0.3) is 16.0 Å². The first-order valence-corrected chi connectivity index (χ1v) is 11.2. The summed E-state index contributed by atoms with van der Waals surface area (Å²) in [6.45, 7) is 3.95. The van der Waals surface area contributed by atoms with E-state index in [9.17, 15) is 19.1 Å². The number of aliphatic hydroxyl groups excluding tert-OH is 1. The summed E-state index contributed by atoms with van der Waals surface area (Å²) >= 11 is 1.33. The van der Waals surface area contributed by atoms with Gasteiger partial charge in [-0.15, -0.1) is 0 Å². The molecular weight excluding hydrogens is 439 g/mol. The Kier molecular flexibility index (Phi) is 5.06. The lowest BCUT2D eigenvalue weighted by Gasteiger charge is -2.22. The van der Waals surface area contributed by atoms with Crippen LogP contribution < -0.4 is 4.90 Å². The SMILES string of the molecule is Cc1cc(C)c2nc(N3C(=O)C(=O)C(=C(O)c4ccc(F)cc4)C3c3ccccc3)sc2c1. The van der Waals surface area contributed by atoms with Gasteiger partial charge in [-0.3, -0.25) is 14.5 Å². The van der Waals surface area contributed by atoms with Gasteiger partial charge in [0.25, 0.3) is 5.78 Å². The minimum Gasteiger partial charge on any atom is -0.507 e. The molecule has 0 bridgehead atoms. The minimum absolute atomic E-state index is 0.0510. The fourth-order valence-electron chi connectivity index (χ4n) is 4.21. The van der Waals surface area contributed by atoms with Crippen LogP contribution in [0.3, 0.4) is 0 Å². The van der Waals surface area contributed by atoms with Gasteiger partial charge < -0.3 is 5.11 Å². The van der Waals surface area contributed by atoms with Gasteiger partial charge in [0, 0.05) is 5.56 Å². The van der Waals surface area contributed by atoms with Crippen LogP contribution in [-0.4, -0.2) is 21.8 Å². The quantitative estimate of drug-likeness (QED) is 0.244. The second-order valence-electron chi connectivity index (χ2n) is 8.01. The molecule has 2 heterocycles. The third kappa shape index (κ3) is 3.50. The molecule has 0 radical (unpaired) electrons. The summed E-state index contributed by atoms with van der Waals surface area (Å²) in [6.07, 6.45) is 0. The molecule has 0 saturated carbocycles. The average Bonchev–Trinajstić information content (AvgIpc) is 3.33. The molecule has 7 heteroatoms. The van der Waals surface area contributed by atoms with E-state index in [1.165, 1.54) is 40.5 Å². The smallest absolute Gasteiger partial charge is 0.301 e. The Balaban J connectivity index is 1.73. The number of thiazole rings is 1. The fraction of sp³-hybridized carbons (Fsp3) is 0.115. The summed E-state index contributed by atoms with van der Waals surface area (Å²) in [5.41, 5.74) is 3.69. The zero-order chi connectivity index (χ0) is 23.3. The summed E-state index contributed by atoms with van der Waals surface area (Å²) in [5, 5.41) is 11.4. The van der Waals surface area contributed by atoms with Crippen LogP contribution in [0, 0.1) is 19.7 Å². The number of aryl methyl sites for hydroxylation is 2. The maximum absolute atomic E-state index is 13.4. The Labute approximate surface area is 193 Å². The van der Waals surface area contributed by atoms with Crippen molar-refractivity contribution in [3.63, 3.8) is 0 Å². The zero-order valence-electron chi connectivity index (χ0n) is 17.9. The largest absolute Gasteiger partial charge is 0.507 e. The molecule has 1 N–H and O–H groups in total. The van der Waals surface area contributed by atoms with E-state index in [-0.39, 0.29) is 16.9 Å². The number of carbonyl (C=O) groups is 2. The lowest BCUT2D eigenvalue weighted by molar-refractivity contribution is -0.132. The summed E-state index contributed by atoms with van der Waals surface area (Å²) in [6, 6.07) is 17.3. The van der Waals surface area contributed by atoms with Gasteiger partial charge in [0.15, 0.2) is 5.13 Å². The highest BCUT2D eigenvalue weighted by Gasteiger charge is 2.48. The summed E-state index contributed by atoms with van der Waals surface area (Å²) in [7, 11) is 0. The molecule has 1 unspecified atom stereocenters. The molecule has 5 nitrogen and oxygen atoms in total. The first kappa shape index (κ1) is 21.0. The number of hydrogen-bond donors (Lipinski definition) is 1. The Hall–Kier alpha value is -3.84. The third-order valence-electron chi connectivity index (χ3n) is 5.70. The number of aromatic nitrogens is 1. The summed E-state index contributed by atoms with van der Waals surface area (Å²) in [4.78, 5) is 32.5. The monoisotopic (exact) mass is 458 g/mol. The van der Waals surface area contributed by atoms with Crippen LogP contribution in [0.2, 0.25) is 0 Å². The highest BCUT2D eigenvalue weighted by Crippen LogP contribution is 2.44. The van der Waals surface area contributed by atoms with Gasteiger partial charge in [0.2, 0.25) is 0 Å². The maximum atomic E-state index is 13.4. The summed E-state index contributed by atoms with van der Waals surface area (Å²) in [5.74, 6) is -2.39. The van der Waals surface area contributed by atoms with Crippen molar-refractivity contribution in [2.24, 2.45) is 0 Å². The number of anilines is 1. The number of fused-ring (bicyclic) bond motifs is 1. The second-order valence-corrected chi connectivity index (χ2v) is 9.02. The van der Waals surface area contributed by atoms with Crippen LogP contribution in [0.5, 0.6) is 0 Å². The molecule has 0 spiro atoms. The van der Waals surface area contributed by atoms with Crippen molar-refractivity contribution in [3.05, 3.63) is 100 Å². The molecule has 1 amide bonds. The van der Waals surface area contributed by atoms with E-state index >= 15 is 0 Å². The van der Waals surface area contributed by atoms with Gasteiger partial charge in [-0.25, -0.2) is 9.37 Å². The Bertz CT molecular complexity index is 1440. The van der Waals surface area contributed by atoms with Gasteiger partial charge in [-0.2, -0.15) is 0 Å². The van der Waals surface area contributed by atoms with Crippen molar-refractivity contribution < 1.29 is 19.1 Å². The molecular formula is C26H19FN2O3S. The average molecular weight is 459 g/mol. The number of nitrogens with zero attached hydrogens (tertiary/aromatic N) is 2. The lowest BCUT2D eigenvalue weighted by Crippen LogP contribution is -2.29. The molecule has 1 fully saturated rings. The van der Waals surface area contributed by atoms with E-state index in [2.05, 4.69) is 0 Å². The zero-order valence-corrected chi connectivity index (χ0v) is 18.7. The number of amides is 1. The van der Waals surface area contributed by atoms with Gasteiger partial charge in [0.05, 0.1) is 21.8 Å². The molecule has 33 heavy (non-hydrogen) atoms. The highest BCUT2D eigenvalue weighted by atomic mass is 32.1. The maximum Gasteiger partial charge on any atom is 0.301 e. The van der Waals surface area contributed by atoms with Gasteiger partial charge in [-0.1, -0.05) is 47.7 Å². The highest BCUT2D eigenvalue weighted by molar-refractivity contribution is 7.22. The summed E-state index contributed by atoms with van der Waals surface area (Å²) < 4.78 is 14.3. The van der Waals surface area contributed by atoms with Crippen molar-refractivity contribution >= 4 is 44.1 Å². The number of hydrogen-bond acceptors (Lipinski definition) is 5. The predicted octanol–water partition coefficient (Wildman–Crippen LogP) is 5.68. The van der Waals surface area contributed by atoms with Crippen molar-refractivity contribution in [1.82, 2.24) is 4.98 Å². The van der Waals surface area contributed by atoms with Gasteiger partial charge in [-0.05, 0) is 60.9 Å². The van der Waals surface area contributed by atoms with Gasteiger partial charge >= 0.3 is 5.91 Å². The van der Waals surface area contributed by atoms with Crippen LogP contribution in [0.15, 0.2) is 72.3 Å². The number of benzene rings is 3. The van der Waals surface area contributed by atoms with Crippen molar-refractivity contribution in [2.75, 3.05) is 4.90 Å². The first-order chi connectivity index (χ1) is 15.8. The lowest BCUT2D eigenvalue weighted by atomic mass is 9.95. The van der Waals surface area contributed by atoms with Crippen LogP contribution >= 0.6 is 11.3 Å². The second kappa shape index (κ2) is 7.94. The molecule has 0 aliphatic carbocycles. The molecule has 1 aliphatic rings. The number of ketones is 1. The number of halogens is 1. The molecule has 1 aliphatic heterocycles. The predicted molar refractivity (Wildman–Crippen MR) is 127 cm³/mol. The number of rotatable bonds is 3. The Morgan fingerprint density at radius 2 is 1.73 bits per heavy atom. The first-order valence-electron chi connectivity index (χ1n) is 10.3. The van der Waals surface area contributed by atoms with E-state index in [0.717, 1.165) is 21.3 Å². The van der Waals surface area contributed by atoms with Crippen molar-refractivity contribution in [1.29, 1.82) is 0 Å². The Morgan fingerprint density at radius 1 is 1.03 bits per heavy atom.